The number of halogens is 5. The average molecular weight is 434 g/mol. The number of nitrogens with zero attached hydrogens (tertiary/aromatic N) is 2. The third-order valence-corrected chi connectivity index (χ3v) is 6.36. The van der Waals surface area contributed by atoms with Crippen molar-refractivity contribution in [3.05, 3.63) is 79.0 Å². The van der Waals surface area contributed by atoms with Crippen molar-refractivity contribution in [1.29, 1.82) is 0 Å². The summed E-state index contributed by atoms with van der Waals surface area (Å²) < 4.78 is 67.7. The molecule has 0 spiro atoms. The van der Waals surface area contributed by atoms with Gasteiger partial charge in [-0.25, -0.2) is 22.0 Å². The fourth-order valence-electron chi connectivity index (χ4n) is 2.52. The summed E-state index contributed by atoms with van der Waals surface area (Å²) in [4.78, 5) is 12.8. The van der Waals surface area contributed by atoms with Crippen molar-refractivity contribution < 1.29 is 26.9 Å². The predicted octanol–water partition coefficient (Wildman–Crippen LogP) is 5.92. The van der Waals surface area contributed by atoms with Gasteiger partial charge in [-0.2, -0.15) is 0 Å². The van der Waals surface area contributed by atoms with Crippen LogP contribution in [0, 0.1) is 39.2 Å². The second-order valence-electron chi connectivity index (χ2n) is 5.67. The predicted molar refractivity (Wildman–Crippen MR) is 98.3 cm³/mol. The number of thioether (sulfide) groups is 2. The Morgan fingerprint density at radius 2 is 1.57 bits per heavy atom. The average Bonchev–Trinajstić information content (AvgIpc) is 3.05. The molecule has 28 heavy (non-hydrogen) atoms. The molecule has 1 aliphatic heterocycles. The smallest absolute Gasteiger partial charge is 0.269 e. The number of allylic oxidation sites excluding steroid dienone is 1. The van der Waals surface area contributed by atoms with Crippen LogP contribution in [0.15, 0.2) is 34.2 Å². The van der Waals surface area contributed by atoms with E-state index in [4.69, 9.17) is 0 Å². The highest BCUT2D eigenvalue weighted by Gasteiger charge is 2.28. The van der Waals surface area contributed by atoms with E-state index in [1.807, 2.05) is 0 Å². The Hall–Kier alpha value is -2.27. The van der Waals surface area contributed by atoms with Gasteiger partial charge in [0.05, 0.1) is 15.8 Å². The molecule has 0 amide bonds. The Morgan fingerprint density at radius 3 is 2.11 bits per heavy atom. The minimum absolute atomic E-state index is 0.0908. The highest BCUT2D eigenvalue weighted by atomic mass is 32.2. The number of anilines is 1. The molecule has 2 aromatic rings. The maximum absolute atomic E-state index is 13.9. The van der Waals surface area contributed by atoms with Crippen molar-refractivity contribution in [2.75, 3.05) is 10.8 Å². The van der Waals surface area contributed by atoms with E-state index < -0.39 is 45.3 Å². The Labute approximate surface area is 164 Å². The van der Waals surface area contributed by atoms with Crippen molar-refractivity contribution in [2.45, 2.75) is 12.7 Å². The number of hydrogen-bond donors (Lipinski definition) is 0. The topological polar surface area (TPSA) is 46.4 Å². The highest BCUT2D eigenvalue weighted by molar-refractivity contribution is 8.07. The van der Waals surface area contributed by atoms with E-state index in [1.54, 1.807) is 11.8 Å². The van der Waals surface area contributed by atoms with Gasteiger partial charge in [-0.15, -0.1) is 23.5 Å². The second kappa shape index (κ2) is 8.00. The molecule has 0 N–H and O–H groups in total. The largest absolute Gasteiger partial charge is 0.325 e. The zero-order valence-corrected chi connectivity index (χ0v) is 15.8. The van der Waals surface area contributed by atoms with Crippen molar-refractivity contribution >= 4 is 34.9 Å². The summed E-state index contributed by atoms with van der Waals surface area (Å²) in [6, 6.07) is 5.69. The summed E-state index contributed by atoms with van der Waals surface area (Å²) in [5.74, 6) is -9.88. The van der Waals surface area contributed by atoms with Crippen molar-refractivity contribution in [1.82, 2.24) is 0 Å². The summed E-state index contributed by atoms with van der Waals surface area (Å²) in [6.07, 6.45) is 0. The SMILES string of the molecule is CC1=C(SCc2c(F)c(F)c(F)c(F)c2F)N(c2ccc([N+](=O)[O-])cc2)CS1. The monoisotopic (exact) mass is 434 g/mol. The van der Waals surface area contributed by atoms with Gasteiger partial charge in [0, 0.05) is 34.0 Å². The van der Waals surface area contributed by atoms with Crippen LogP contribution in [0.4, 0.5) is 33.3 Å². The van der Waals surface area contributed by atoms with Crippen LogP contribution in [-0.2, 0) is 5.75 Å². The molecule has 0 bridgehead atoms. The fraction of sp³-hybridized carbons (Fsp3) is 0.176. The Morgan fingerprint density at radius 1 is 1.04 bits per heavy atom. The van der Waals surface area contributed by atoms with E-state index in [1.165, 1.54) is 36.0 Å². The lowest BCUT2D eigenvalue weighted by atomic mass is 10.2. The molecule has 1 aliphatic rings. The summed E-state index contributed by atoms with van der Waals surface area (Å²) >= 11 is 2.35. The number of nitro groups is 1. The molecule has 0 aliphatic carbocycles. The lowest BCUT2D eigenvalue weighted by molar-refractivity contribution is -0.384. The molecule has 148 valence electrons. The first kappa shape index (κ1) is 20.5. The van der Waals surface area contributed by atoms with Gasteiger partial charge < -0.3 is 4.90 Å². The van der Waals surface area contributed by atoms with Gasteiger partial charge in [-0.05, 0) is 19.1 Å². The number of hydrogen-bond acceptors (Lipinski definition) is 5. The summed E-state index contributed by atoms with van der Waals surface area (Å²) in [6.45, 7) is 1.76. The van der Waals surface area contributed by atoms with Gasteiger partial charge in [-0.3, -0.25) is 10.1 Å². The number of nitro benzene ring substituents is 1. The molecule has 2 aromatic carbocycles. The first-order valence-corrected chi connectivity index (χ1v) is 9.68. The van der Waals surface area contributed by atoms with Crippen LogP contribution >= 0.6 is 23.5 Å². The molecule has 0 atom stereocenters. The Bertz CT molecular complexity index is 953. The normalized spacial score (nSPS) is 14.1. The zero-order chi connectivity index (χ0) is 20.6. The second-order valence-corrected chi connectivity index (χ2v) is 7.80. The van der Waals surface area contributed by atoms with Crippen LogP contribution in [0.1, 0.15) is 12.5 Å². The standard InChI is InChI=1S/C17H11F5N2O2S2/c1-8-17(23(7-28-8)9-2-4-10(5-3-9)24(25)26)27-6-11-12(18)14(20)16(22)15(21)13(11)19/h2-5H,6-7H2,1H3. The summed E-state index contributed by atoms with van der Waals surface area (Å²) in [5.41, 5.74) is -0.385. The highest BCUT2D eigenvalue weighted by Crippen LogP contribution is 2.43. The van der Waals surface area contributed by atoms with Gasteiger partial charge in [0.25, 0.3) is 5.69 Å². The van der Waals surface area contributed by atoms with Crippen LogP contribution in [0.3, 0.4) is 0 Å². The molecule has 0 radical (unpaired) electrons. The number of rotatable bonds is 5. The molecule has 0 fully saturated rings. The third kappa shape index (κ3) is 3.68. The van der Waals surface area contributed by atoms with Gasteiger partial charge >= 0.3 is 0 Å². The maximum atomic E-state index is 13.9. The van der Waals surface area contributed by atoms with Crippen molar-refractivity contribution in [3.63, 3.8) is 0 Å². The number of non-ortho nitro benzene ring substituents is 1. The van der Waals surface area contributed by atoms with Crippen LogP contribution in [0.2, 0.25) is 0 Å². The fourth-order valence-corrected chi connectivity index (χ4v) is 4.85. The number of benzene rings is 2. The lowest BCUT2D eigenvalue weighted by Crippen LogP contribution is -2.16. The van der Waals surface area contributed by atoms with Crippen LogP contribution in [0.5, 0.6) is 0 Å². The van der Waals surface area contributed by atoms with E-state index >= 15 is 0 Å². The Kier molecular flexibility index (Phi) is 5.84. The maximum Gasteiger partial charge on any atom is 0.269 e. The van der Waals surface area contributed by atoms with Crippen LogP contribution in [0.25, 0.3) is 0 Å². The molecule has 1 heterocycles. The molecule has 0 saturated heterocycles. The molecular formula is C17H11F5N2O2S2. The summed E-state index contributed by atoms with van der Waals surface area (Å²) in [5, 5.41) is 11.3. The third-order valence-electron chi connectivity index (χ3n) is 3.98. The van der Waals surface area contributed by atoms with Gasteiger partial charge in [0.2, 0.25) is 5.82 Å². The van der Waals surface area contributed by atoms with E-state index in [2.05, 4.69) is 0 Å². The van der Waals surface area contributed by atoms with Crippen LogP contribution < -0.4 is 4.90 Å². The van der Waals surface area contributed by atoms with Gasteiger partial charge in [0.15, 0.2) is 23.3 Å². The van der Waals surface area contributed by atoms with Gasteiger partial charge in [-0.1, -0.05) is 0 Å². The van der Waals surface area contributed by atoms with E-state index in [9.17, 15) is 32.1 Å². The van der Waals surface area contributed by atoms with E-state index in [0.29, 0.717) is 16.6 Å². The molecule has 0 saturated carbocycles. The lowest BCUT2D eigenvalue weighted by Gasteiger charge is -2.21. The van der Waals surface area contributed by atoms with Crippen LogP contribution in [-0.4, -0.2) is 10.8 Å². The van der Waals surface area contributed by atoms with E-state index in [-0.39, 0.29) is 5.69 Å². The molecule has 11 heteroatoms. The molecule has 0 aromatic heterocycles. The van der Waals surface area contributed by atoms with Crippen molar-refractivity contribution in [3.8, 4) is 0 Å². The quantitative estimate of drug-likeness (QED) is 0.192. The van der Waals surface area contributed by atoms with Gasteiger partial charge in [0.1, 0.15) is 0 Å². The van der Waals surface area contributed by atoms with Crippen molar-refractivity contribution in [2.24, 2.45) is 0 Å². The molecule has 3 rings (SSSR count). The molecule has 0 unspecified atom stereocenters. The minimum atomic E-state index is -2.19. The first-order chi connectivity index (χ1) is 13.2. The summed E-state index contributed by atoms with van der Waals surface area (Å²) in [7, 11) is 0. The first-order valence-electron chi connectivity index (χ1n) is 7.71. The minimum Gasteiger partial charge on any atom is -0.325 e. The molecular weight excluding hydrogens is 423 g/mol. The molecule has 4 nitrogen and oxygen atoms in total. The zero-order valence-electron chi connectivity index (χ0n) is 14.1. The Balaban J connectivity index is 1.85. The van der Waals surface area contributed by atoms with E-state index in [0.717, 1.165) is 16.7 Å².